The van der Waals surface area contributed by atoms with Crippen LogP contribution in [-0.4, -0.2) is 16.6 Å². The molecule has 32 heavy (non-hydrogen) atoms. The number of unbranched alkanes of at least 4 members (excludes halogenated alkanes) is 9. The van der Waals surface area contributed by atoms with E-state index in [9.17, 15) is 0 Å². The zero-order valence-corrected chi connectivity index (χ0v) is 21.0. The number of hydrogen-bond acceptors (Lipinski definition) is 3. The maximum atomic E-state index is 5.89. The summed E-state index contributed by atoms with van der Waals surface area (Å²) in [5.41, 5.74) is 2.29. The van der Waals surface area contributed by atoms with E-state index in [4.69, 9.17) is 4.74 Å². The Bertz CT molecular complexity index is 696. The highest BCUT2D eigenvalue weighted by molar-refractivity contribution is 5.55. The smallest absolute Gasteiger partial charge is 0.159 e. The van der Waals surface area contributed by atoms with Crippen LogP contribution in [0.5, 0.6) is 5.75 Å². The molecule has 0 bridgehead atoms. The van der Waals surface area contributed by atoms with Gasteiger partial charge in [0.25, 0.3) is 0 Å². The fraction of sp³-hybridized carbons (Fsp3) is 0.655. The lowest BCUT2D eigenvalue weighted by atomic mass is 10.0. The summed E-state index contributed by atoms with van der Waals surface area (Å²) in [7, 11) is 0. The summed E-state index contributed by atoms with van der Waals surface area (Å²) in [5, 5.41) is 0. The molecule has 0 saturated carbocycles. The Hall–Kier alpha value is -1.90. The largest absolute Gasteiger partial charge is 0.494 e. The SMILES string of the molecule is CCCCCCCCCCCc1cnc(-c2ccc(OCCCCC(C)CC)cc2)nc1. The fourth-order valence-electron chi connectivity index (χ4n) is 3.96. The van der Waals surface area contributed by atoms with Crippen molar-refractivity contribution < 1.29 is 4.74 Å². The number of benzene rings is 1. The molecule has 2 rings (SSSR count). The van der Waals surface area contributed by atoms with Crippen LogP contribution in [0.15, 0.2) is 36.7 Å². The molecule has 0 saturated heterocycles. The van der Waals surface area contributed by atoms with E-state index < -0.39 is 0 Å². The van der Waals surface area contributed by atoms with Crippen molar-refractivity contribution >= 4 is 0 Å². The lowest BCUT2D eigenvalue weighted by molar-refractivity contribution is 0.300. The van der Waals surface area contributed by atoms with Gasteiger partial charge in [0.1, 0.15) is 5.75 Å². The summed E-state index contributed by atoms with van der Waals surface area (Å²) in [6.45, 7) is 7.66. The Morgan fingerprint density at radius 2 is 1.38 bits per heavy atom. The third kappa shape index (κ3) is 11.1. The third-order valence-corrected chi connectivity index (χ3v) is 6.44. The van der Waals surface area contributed by atoms with Gasteiger partial charge in [0.15, 0.2) is 5.82 Å². The second kappa shape index (κ2) is 16.7. The van der Waals surface area contributed by atoms with Crippen LogP contribution in [0.2, 0.25) is 0 Å². The summed E-state index contributed by atoms with van der Waals surface area (Å²) >= 11 is 0. The van der Waals surface area contributed by atoms with Gasteiger partial charge in [0, 0.05) is 18.0 Å². The van der Waals surface area contributed by atoms with E-state index >= 15 is 0 Å². The minimum absolute atomic E-state index is 0.792. The van der Waals surface area contributed by atoms with Gasteiger partial charge >= 0.3 is 0 Å². The number of nitrogens with zero attached hydrogens (tertiary/aromatic N) is 2. The molecule has 1 atom stereocenters. The minimum Gasteiger partial charge on any atom is -0.494 e. The maximum Gasteiger partial charge on any atom is 0.159 e. The number of rotatable bonds is 18. The van der Waals surface area contributed by atoms with E-state index in [2.05, 4.69) is 42.9 Å². The first kappa shape index (κ1) is 26.4. The Kier molecular flexibility index (Phi) is 13.7. The highest BCUT2D eigenvalue weighted by Gasteiger charge is 2.04. The molecule has 0 fully saturated rings. The molecular weight excluding hydrogens is 392 g/mol. The van der Waals surface area contributed by atoms with Gasteiger partial charge in [-0.15, -0.1) is 0 Å². The van der Waals surface area contributed by atoms with Crippen LogP contribution in [0.4, 0.5) is 0 Å². The molecule has 178 valence electrons. The second-order valence-electron chi connectivity index (χ2n) is 9.38. The quantitative estimate of drug-likeness (QED) is 0.218. The fourth-order valence-corrected chi connectivity index (χ4v) is 3.96. The van der Waals surface area contributed by atoms with E-state index in [-0.39, 0.29) is 0 Å². The van der Waals surface area contributed by atoms with E-state index in [1.54, 1.807) is 0 Å². The van der Waals surface area contributed by atoms with E-state index in [0.29, 0.717) is 0 Å². The van der Waals surface area contributed by atoms with E-state index in [0.717, 1.165) is 42.5 Å². The molecule has 3 nitrogen and oxygen atoms in total. The van der Waals surface area contributed by atoms with Gasteiger partial charge in [-0.25, -0.2) is 9.97 Å². The minimum atomic E-state index is 0.792. The summed E-state index contributed by atoms with van der Waals surface area (Å²) in [6.07, 6.45) is 22.3. The first-order valence-electron chi connectivity index (χ1n) is 13.3. The Morgan fingerprint density at radius 3 is 2.00 bits per heavy atom. The molecule has 1 heterocycles. The number of aryl methyl sites for hydroxylation is 1. The summed E-state index contributed by atoms with van der Waals surface area (Å²) in [6, 6.07) is 8.18. The highest BCUT2D eigenvalue weighted by Crippen LogP contribution is 2.20. The molecular formula is C29H46N2O. The number of aromatic nitrogens is 2. The van der Waals surface area contributed by atoms with Crippen LogP contribution in [0, 0.1) is 5.92 Å². The van der Waals surface area contributed by atoms with Crippen LogP contribution in [0.25, 0.3) is 11.4 Å². The predicted octanol–water partition coefficient (Wildman–Crippen LogP) is 8.81. The first-order chi connectivity index (χ1) is 15.7. The van der Waals surface area contributed by atoms with Crippen LogP contribution < -0.4 is 4.74 Å². The molecule has 1 aromatic heterocycles. The Morgan fingerprint density at radius 1 is 0.750 bits per heavy atom. The van der Waals surface area contributed by atoms with Crippen LogP contribution in [-0.2, 0) is 6.42 Å². The molecule has 0 spiro atoms. The van der Waals surface area contributed by atoms with Crippen molar-refractivity contribution in [2.24, 2.45) is 5.92 Å². The van der Waals surface area contributed by atoms with Gasteiger partial charge in [-0.05, 0) is 61.4 Å². The monoisotopic (exact) mass is 438 g/mol. The molecule has 0 radical (unpaired) electrons. The lowest BCUT2D eigenvalue weighted by Crippen LogP contribution is -1.99. The zero-order valence-electron chi connectivity index (χ0n) is 21.0. The van der Waals surface area contributed by atoms with Crippen molar-refractivity contribution in [3.05, 3.63) is 42.2 Å². The molecule has 0 amide bonds. The standard InChI is InChI=1S/C29H46N2O/c1-4-6-7-8-9-10-11-12-13-17-26-23-30-29(31-24-26)27-18-20-28(21-19-27)32-22-15-14-16-25(3)5-2/h18-21,23-25H,4-17,22H2,1-3H3. The van der Waals surface area contributed by atoms with Crippen molar-refractivity contribution in [1.29, 1.82) is 0 Å². The summed E-state index contributed by atoms with van der Waals surface area (Å²) in [5.74, 6) is 2.55. The van der Waals surface area contributed by atoms with Gasteiger partial charge < -0.3 is 4.74 Å². The first-order valence-corrected chi connectivity index (χ1v) is 13.3. The topological polar surface area (TPSA) is 35.0 Å². The normalized spacial score (nSPS) is 12.1. The van der Waals surface area contributed by atoms with Gasteiger partial charge in [-0.3, -0.25) is 0 Å². The molecule has 3 heteroatoms. The zero-order chi connectivity index (χ0) is 22.9. The average Bonchev–Trinajstić information content (AvgIpc) is 2.83. The van der Waals surface area contributed by atoms with Crippen LogP contribution in [0.1, 0.15) is 110 Å². The van der Waals surface area contributed by atoms with Crippen LogP contribution >= 0.6 is 0 Å². The molecule has 0 N–H and O–H groups in total. The Balaban J connectivity index is 1.62. The molecule has 2 aromatic rings. The maximum absolute atomic E-state index is 5.89. The average molecular weight is 439 g/mol. The number of ether oxygens (including phenoxy) is 1. The summed E-state index contributed by atoms with van der Waals surface area (Å²) in [4.78, 5) is 9.19. The highest BCUT2D eigenvalue weighted by atomic mass is 16.5. The van der Waals surface area contributed by atoms with Gasteiger partial charge in [0.05, 0.1) is 6.61 Å². The Labute approximate surface area is 197 Å². The van der Waals surface area contributed by atoms with Gasteiger partial charge in [0.2, 0.25) is 0 Å². The molecule has 1 unspecified atom stereocenters. The molecule has 0 aliphatic heterocycles. The van der Waals surface area contributed by atoms with Crippen molar-refractivity contribution in [3.63, 3.8) is 0 Å². The third-order valence-electron chi connectivity index (χ3n) is 6.44. The second-order valence-corrected chi connectivity index (χ2v) is 9.38. The van der Waals surface area contributed by atoms with E-state index in [1.807, 2.05) is 24.5 Å². The molecule has 0 aliphatic carbocycles. The van der Waals surface area contributed by atoms with Crippen molar-refractivity contribution in [2.45, 2.75) is 111 Å². The molecule has 1 aromatic carbocycles. The molecule has 0 aliphatic rings. The van der Waals surface area contributed by atoms with Crippen LogP contribution in [0.3, 0.4) is 0 Å². The summed E-state index contributed by atoms with van der Waals surface area (Å²) < 4.78 is 5.89. The van der Waals surface area contributed by atoms with E-state index in [1.165, 1.54) is 82.6 Å². The number of hydrogen-bond donors (Lipinski definition) is 0. The lowest BCUT2D eigenvalue weighted by Gasteiger charge is -2.09. The van der Waals surface area contributed by atoms with Crippen molar-refractivity contribution in [2.75, 3.05) is 6.61 Å². The predicted molar refractivity (Wildman–Crippen MR) is 137 cm³/mol. The van der Waals surface area contributed by atoms with Gasteiger partial charge in [-0.2, -0.15) is 0 Å². The van der Waals surface area contributed by atoms with Crippen molar-refractivity contribution in [3.8, 4) is 17.1 Å². The van der Waals surface area contributed by atoms with Crippen molar-refractivity contribution in [1.82, 2.24) is 9.97 Å². The van der Waals surface area contributed by atoms with Gasteiger partial charge in [-0.1, -0.05) is 85.0 Å².